The Labute approximate surface area is 193 Å². The SMILES string of the molecule is CCN1CCN(c2ccc(CNC(=NC)N3CCC(CN4CCCCC4)C3)cc2F)CC1. The Bertz CT molecular complexity index is 755. The maximum atomic E-state index is 14.9. The van der Waals surface area contributed by atoms with E-state index < -0.39 is 0 Å². The fourth-order valence-corrected chi connectivity index (χ4v) is 5.42. The van der Waals surface area contributed by atoms with Crippen molar-refractivity contribution in [1.82, 2.24) is 20.0 Å². The average molecular weight is 445 g/mol. The smallest absolute Gasteiger partial charge is 0.193 e. The van der Waals surface area contributed by atoms with Gasteiger partial charge in [-0.05, 0) is 62.5 Å². The first-order valence-electron chi connectivity index (χ1n) is 12.6. The van der Waals surface area contributed by atoms with Crippen molar-refractivity contribution in [3.8, 4) is 0 Å². The molecule has 0 amide bonds. The van der Waals surface area contributed by atoms with E-state index in [-0.39, 0.29) is 5.82 Å². The van der Waals surface area contributed by atoms with Crippen LogP contribution >= 0.6 is 0 Å². The van der Waals surface area contributed by atoms with E-state index in [1.54, 1.807) is 6.07 Å². The number of nitrogens with zero attached hydrogens (tertiary/aromatic N) is 5. The second-order valence-electron chi connectivity index (χ2n) is 9.57. The Hall–Kier alpha value is -1.86. The lowest BCUT2D eigenvalue weighted by molar-refractivity contribution is 0.198. The molecular weight excluding hydrogens is 403 g/mol. The zero-order valence-corrected chi connectivity index (χ0v) is 20.0. The van der Waals surface area contributed by atoms with Crippen molar-refractivity contribution in [2.45, 2.75) is 39.2 Å². The fourth-order valence-electron chi connectivity index (χ4n) is 5.42. The van der Waals surface area contributed by atoms with Crippen LogP contribution in [0.5, 0.6) is 0 Å². The molecule has 1 unspecified atom stereocenters. The van der Waals surface area contributed by atoms with Crippen LogP contribution in [0.1, 0.15) is 38.2 Å². The number of halogens is 1. The van der Waals surface area contributed by atoms with Crippen molar-refractivity contribution in [1.29, 1.82) is 0 Å². The number of anilines is 1. The molecule has 3 fully saturated rings. The van der Waals surface area contributed by atoms with E-state index >= 15 is 0 Å². The lowest BCUT2D eigenvalue weighted by Gasteiger charge is -2.35. The summed E-state index contributed by atoms with van der Waals surface area (Å²) in [5.41, 5.74) is 1.69. The van der Waals surface area contributed by atoms with Crippen LogP contribution in [0.4, 0.5) is 10.1 Å². The van der Waals surface area contributed by atoms with E-state index in [0.717, 1.165) is 68.9 Å². The molecule has 6 nitrogen and oxygen atoms in total. The molecule has 178 valence electrons. The number of aliphatic imine (C=N–C) groups is 1. The quantitative estimate of drug-likeness (QED) is 0.540. The van der Waals surface area contributed by atoms with Gasteiger partial charge < -0.3 is 24.9 Å². The highest BCUT2D eigenvalue weighted by Gasteiger charge is 2.27. The minimum atomic E-state index is -0.119. The molecule has 0 radical (unpaired) electrons. The monoisotopic (exact) mass is 444 g/mol. The van der Waals surface area contributed by atoms with Gasteiger partial charge in [0.2, 0.25) is 0 Å². The van der Waals surface area contributed by atoms with E-state index in [1.807, 2.05) is 19.2 Å². The number of hydrogen-bond donors (Lipinski definition) is 1. The van der Waals surface area contributed by atoms with Crippen LogP contribution in [0.25, 0.3) is 0 Å². The minimum Gasteiger partial charge on any atom is -0.367 e. The molecule has 4 rings (SSSR count). The first-order valence-corrected chi connectivity index (χ1v) is 12.6. The molecule has 0 bridgehead atoms. The summed E-state index contributed by atoms with van der Waals surface area (Å²) >= 11 is 0. The molecule has 0 spiro atoms. The molecular formula is C25H41FN6. The van der Waals surface area contributed by atoms with Crippen molar-refractivity contribution in [3.63, 3.8) is 0 Å². The molecule has 1 atom stereocenters. The summed E-state index contributed by atoms with van der Waals surface area (Å²) < 4.78 is 14.9. The van der Waals surface area contributed by atoms with Crippen LogP contribution in [0.15, 0.2) is 23.2 Å². The van der Waals surface area contributed by atoms with Gasteiger partial charge >= 0.3 is 0 Å². The molecule has 32 heavy (non-hydrogen) atoms. The largest absolute Gasteiger partial charge is 0.367 e. The zero-order valence-electron chi connectivity index (χ0n) is 20.0. The third-order valence-electron chi connectivity index (χ3n) is 7.39. The summed E-state index contributed by atoms with van der Waals surface area (Å²) in [5.74, 6) is 1.54. The van der Waals surface area contributed by atoms with Crippen LogP contribution < -0.4 is 10.2 Å². The summed E-state index contributed by atoms with van der Waals surface area (Å²) in [7, 11) is 1.85. The van der Waals surface area contributed by atoms with E-state index in [2.05, 4.69) is 36.8 Å². The van der Waals surface area contributed by atoms with Gasteiger partial charge in [0.1, 0.15) is 5.82 Å². The summed E-state index contributed by atoms with van der Waals surface area (Å²) in [4.78, 5) is 14.1. The van der Waals surface area contributed by atoms with Crippen LogP contribution in [0.3, 0.4) is 0 Å². The number of likely N-dealkylation sites (tertiary alicyclic amines) is 2. The maximum Gasteiger partial charge on any atom is 0.193 e. The normalized spacial score (nSPS) is 23.7. The molecule has 7 heteroatoms. The highest BCUT2D eigenvalue weighted by molar-refractivity contribution is 5.80. The number of nitrogens with one attached hydrogen (secondary N) is 1. The molecule has 3 saturated heterocycles. The van der Waals surface area contributed by atoms with Gasteiger partial charge in [0.05, 0.1) is 5.69 Å². The van der Waals surface area contributed by atoms with Crippen LogP contribution in [-0.4, -0.2) is 93.2 Å². The number of piperazine rings is 1. The molecule has 1 aromatic carbocycles. The van der Waals surface area contributed by atoms with Crippen LogP contribution in [0.2, 0.25) is 0 Å². The number of hydrogen-bond acceptors (Lipinski definition) is 4. The van der Waals surface area contributed by atoms with Gasteiger partial charge in [-0.3, -0.25) is 4.99 Å². The first kappa shape index (κ1) is 23.3. The Morgan fingerprint density at radius 3 is 2.50 bits per heavy atom. The molecule has 3 heterocycles. The van der Waals surface area contributed by atoms with Gasteiger partial charge in [0, 0.05) is 59.4 Å². The van der Waals surface area contributed by atoms with Crippen molar-refractivity contribution in [3.05, 3.63) is 29.6 Å². The molecule has 0 aromatic heterocycles. The van der Waals surface area contributed by atoms with Crippen LogP contribution in [-0.2, 0) is 6.54 Å². The summed E-state index contributed by atoms with van der Waals surface area (Å²) in [6.45, 7) is 13.5. The Balaban J connectivity index is 1.26. The van der Waals surface area contributed by atoms with Gasteiger partial charge in [0.15, 0.2) is 5.96 Å². The van der Waals surface area contributed by atoms with Gasteiger partial charge in [-0.25, -0.2) is 4.39 Å². The van der Waals surface area contributed by atoms with Gasteiger partial charge in [0.25, 0.3) is 0 Å². The van der Waals surface area contributed by atoms with E-state index in [0.29, 0.717) is 6.54 Å². The highest BCUT2D eigenvalue weighted by Crippen LogP contribution is 2.23. The lowest BCUT2D eigenvalue weighted by atomic mass is 10.1. The van der Waals surface area contributed by atoms with Crippen LogP contribution in [0, 0.1) is 11.7 Å². The molecule has 0 saturated carbocycles. The Kier molecular flexibility index (Phi) is 8.25. The van der Waals surface area contributed by atoms with Crippen molar-refractivity contribution >= 4 is 11.6 Å². The van der Waals surface area contributed by atoms with Gasteiger partial charge in [-0.1, -0.05) is 19.4 Å². The number of rotatable bonds is 6. The predicted octanol–water partition coefficient (Wildman–Crippen LogP) is 2.85. The number of likely N-dealkylation sites (N-methyl/N-ethyl adjacent to an activating group) is 1. The van der Waals surface area contributed by atoms with Crippen molar-refractivity contribution in [2.75, 3.05) is 77.4 Å². The highest BCUT2D eigenvalue weighted by atomic mass is 19.1. The molecule has 0 aliphatic carbocycles. The number of guanidine groups is 1. The third kappa shape index (κ3) is 5.93. The zero-order chi connectivity index (χ0) is 22.3. The molecule has 1 aromatic rings. The Morgan fingerprint density at radius 2 is 1.81 bits per heavy atom. The predicted molar refractivity (Wildman–Crippen MR) is 131 cm³/mol. The lowest BCUT2D eigenvalue weighted by Crippen LogP contribution is -2.46. The second-order valence-corrected chi connectivity index (χ2v) is 9.57. The van der Waals surface area contributed by atoms with Gasteiger partial charge in [-0.2, -0.15) is 0 Å². The standard InChI is InChI=1S/C25H41FN6/c1-3-29-13-15-31(16-14-29)24-8-7-21(17-23(24)26)18-28-25(27-2)32-12-9-22(20-32)19-30-10-5-4-6-11-30/h7-8,17,22H,3-6,9-16,18-20H2,1-2H3,(H,27,28). The van der Waals surface area contributed by atoms with Crippen molar-refractivity contribution < 1.29 is 4.39 Å². The van der Waals surface area contributed by atoms with E-state index in [4.69, 9.17) is 0 Å². The van der Waals surface area contributed by atoms with Gasteiger partial charge in [-0.15, -0.1) is 0 Å². The van der Waals surface area contributed by atoms with E-state index in [1.165, 1.54) is 45.3 Å². The minimum absolute atomic E-state index is 0.119. The topological polar surface area (TPSA) is 37.4 Å². The third-order valence-corrected chi connectivity index (χ3v) is 7.39. The first-order chi connectivity index (χ1) is 15.7. The molecule has 1 N–H and O–H groups in total. The average Bonchev–Trinajstić information content (AvgIpc) is 3.28. The van der Waals surface area contributed by atoms with E-state index in [9.17, 15) is 4.39 Å². The summed E-state index contributed by atoms with van der Waals surface area (Å²) in [6, 6.07) is 5.68. The summed E-state index contributed by atoms with van der Waals surface area (Å²) in [6.07, 6.45) is 5.32. The molecule has 3 aliphatic rings. The number of benzene rings is 1. The fraction of sp³-hybridized carbons (Fsp3) is 0.720. The maximum absolute atomic E-state index is 14.9. The summed E-state index contributed by atoms with van der Waals surface area (Å²) in [5, 5.41) is 3.47. The van der Waals surface area contributed by atoms with Crippen molar-refractivity contribution in [2.24, 2.45) is 10.9 Å². The Morgan fingerprint density at radius 1 is 1.03 bits per heavy atom. The number of piperidine rings is 1. The molecule has 3 aliphatic heterocycles. The second kappa shape index (κ2) is 11.3.